The molecule has 0 aliphatic carbocycles. The van der Waals surface area contributed by atoms with Crippen molar-refractivity contribution in [2.24, 2.45) is 0 Å². The predicted molar refractivity (Wildman–Crippen MR) is 187 cm³/mol. The Balaban J connectivity index is 0.000000332. The van der Waals surface area contributed by atoms with Crippen LogP contribution in [-0.4, -0.2) is 0 Å². The van der Waals surface area contributed by atoms with E-state index in [0.717, 1.165) is 43.3 Å². The van der Waals surface area contributed by atoms with E-state index in [0.29, 0.717) is 17.2 Å². The Morgan fingerprint density at radius 1 is 0.273 bits per heavy atom. The first-order valence-electron chi connectivity index (χ1n) is 15.8. The maximum absolute atomic E-state index is 12.4. The van der Waals surface area contributed by atoms with Crippen LogP contribution in [0.3, 0.4) is 0 Å². The average molecular weight is 787 g/mol. The minimum Gasteiger partial charge on any atom is -0.207 e. The lowest BCUT2D eigenvalue weighted by Gasteiger charge is -1.99. The van der Waals surface area contributed by atoms with Gasteiger partial charge in [0.25, 0.3) is 0 Å². The second-order valence-corrected chi connectivity index (χ2v) is 11.4. The van der Waals surface area contributed by atoms with Crippen molar-refractivity contribution in [1.29, 1.82) is 0 Å². The summed E-state index contributed by atoms with van der Waals surface area (Å²) in [6.07, 6.45) is 0. The van der Waals surface area contributed by atoms with Gasteiger partial charge < -0.3 is 0 Å². The molecule has 0 saturated carbocycles. The number of halogens is 13. The Morgan fingerprint density at radius 3 is 1.13 bits per heavy atom. The molecule has 0 spiro atoms. The third-order valence-electron chi connectivity index (χ3n) is 6.92. The highest BCUT2D eigenvalue weighted by molar-refractivity contribution is 5.22. The average Bonchev–Trinajstić information content (AvgIpc) is 3.14. The summed E-state index contributed by atoms with van der Waals surface area (Å²) in [6.45, 7) is 8.82. The van der Waals surface area contributed by atoms with Crippen molar-refractivity contribution in [2.75, 3.05) is 0 Å². The van der Waals surface area contributed by atoms with Crippen LogP contribution in [0.1, 0.15) is 33.4 Å². The summed E-state index contributed by atoms with van der Waals surface area (Å²) in [7, 11) is 0. The second-order valence-electron chi connectivity index (χ2n) is 11.4. The van der Waals surface area contributed by atoms with Crippen LogP contribution in [0, 0.1) is 117 Å². The van der Waals surface area contributed by atoms with E-state index in [1.165, 1.54) is 32.4 Å². The fourth-order valence-electron chi connectivity index (χ4n) is 3.70. The van der Waals surface area contributed by atoms with Crippen molar-refractivity contribution in [3.63, 3.8) is 0 Å². The maximum atomic E-state index is 12.4. The third kappa shape index (κ3) is 16.5. The molecule has 6 aromatic rings. The van der Waals surface area contributed by atoms with Crippen LogP contribution < -0.4 is 0 Å². The molecule has 0 aliphatic rings. The molecule has 0 aromatic heterocycles. The topological polar surface area (TPSA) is 0 Å². The fourth-order valence-corrected chi connectivity index (χ4v) is 3.70. The highest BCUT2D eigenvalue weighted by atomic mass is 19.2. The molecule has 0 heterocycles. The van der Waals surface area contributed by atoms with Gasteiger partial charge >= 0.3 is 0 Å². The van der Waals surface area contributed by atoms with E-state index >= 15 is 0 Å². The van der Waals surface area contributed by atoms with Crippen LogP contribution in [-0.2, 0) is 0 Å². The molecule has 0 fully saturated rings. The summed E-state index contributed by atoms with van der Waals surface area (Å²) in [5, 5.41) is 0. The Hall–Kier alpha value is -5.59. The van der Waals surface area contributed by atoms with Crippen LogP contribution in [0.2, 0.25) is 0 Å². The summed E-state index contributed by atoms with van der Waals surface area (Å²) in [5.41, 5.74) is 1.44. The van der Waals surface area contributed by atoms with Crippen molar-refractivity contribution in [3.05, 3.63) is 212 Å². The van der Waals surface area contributed by atoms with E-state index in [9.17, 15) is 57.1 Å². The Labute approximate surface area is 310 Å². The zero-order valence-electron chi connectivity index (χ0n) is 30.2. The Kier molecular flexibility index (Phi) is 20.1. The summed E-state index contributed by atoms with van der Waals surface area (Å²) in [6, 6.07) is 23.6. The molecule has 0 unspecified atom stereocenters. The highest BCUT2D eigenvalue weighted by Crippen LogP contribution is 2.18. The minimum atomic E-state index is -1.37. The lowest BCUT2D eigenvalue weighted by molar-refractivity contribution is 0.445. The molecule has 0 amide bonds. The number of hydrogen-bond donors (Lipinski definition) is 0. The lowest BCUT2D eigenvalue weighted by atomic mass is 10.2. The molecule has 0 atom stereocenters. The van der Waals surface area contributed by atoms with Gasteiger partial charge in [-0.2, -0.15) is 0 Å². The summed E-state index contributed by atoms with van der Waals surface area (Å²) in [4.78, 5) is 0. The smallest absolute Gasteiger partial charge is 0.164 e. The zero-order chi connectivity index (χ0) is 42.0. The predicted octanol–water partition coefficient (Wildman–Crippen LogP) is 13.8. The zero-order valence-corrected chi connectivity index (χ0v) is 30.2. The number of benzene rings is 6. The third-order valence-corrected chi connectivity index (χ3v) is 6.92. The molecule has 6 rings (SSSR count). The van der Waals surface area contributed by atoms with Gasteiger partial charge in [0.05, 0.1) is 0 Å². The van der Waals surface area contributed by atoms with Crippen LogP contribution in [0.15, 0.2) is 103 Å². The molecule has 294 valence electrons. The van der Waals surface area contributed by atoms with E-state index in [1.807, 2.05) is 24.3 Å². The van der Waals surface area contributed by atoms with Crippen molar-refractivity contribution in [2.45, 2.75) is 41.5 Å². The number of aryl methyl sites for hydroxylation is 4. The first kappa shape index (κ1) is 47.4. The van der Waals surface area contributed by atoms with E-state index in [-0.39, 0.29) is 28.8 Å². The maximum Gasteiger partial charge on any atom is 0.164 e. The molecular formula is C42H35F13. The molecule has 0 bridgehead atoms. The van der Waals surface area contributed by atoms with Gasteiger partial charge in [0.1, 0.15) is 29.1 Å². The molecule has 13 heteroatoms. The molecule has 0 saturated heterocycles. The first-order valence-corrected chi connectivity index (χ1v) is 15.8. The minimum absolute atomic E-state index is 0.0162. The van der Waals surface area contributed by atoms with E-state index in [1.54, 1.807) is 19.1 Å². The first-order chi connectivity index (χ1) is 25.7. The molecule has 6 aromatic carbocycles. The van der Waals surface area contributed by atoms with Gasteiger partial charge in [0, 0.05) is 23.3 Å². The highest BCUT2D eigenvalue weighted by Gasteiger charge is 2.14. The Bertz CT molecular complexity index is 2020. The van der Waals surface area contributed by atoms with E-state index < -0.39 is 69.6 Å². The van der Waals surface area contributed by atoms with Crippen LogP contribution in [0.5, 0.6) is 0 Å². The fraction of sp³-hybridized carbons (Fsp3) is 0.143. The second kappa shape index (κ2) is 23.3. The van der Waals surface area contributed by atoms with Crippen molar-refractivity contribution >= 4 is 0 Å². The molecule has 0 radical (unpaired) electrons. The van der Waals surface area contributed by atoms with Crippen LogP contribution >= 0.6 is 0 Å². The van der Waals surface area contributed by atoms with Gasteiger partial charge in [0.15, 0.2) is 46.5 Å². The van der Waals surface area contributed by atoms with E-state index in [2.05, 4.69) is 19.1 Å². The summed E-state index contributed by atoms with van der Waals surface area (Å²) >= 11 is 0. The van der Waals surface area contributed by atoms with Crippen molar-refractivity contribution < 1.29 is 57.1 Å². The largest absolute Gasteiger partial charge is 0.207 e. The van der Waals surface area contributed by atoms with Gasteiger partial charge in [-0.15, -0.1) is 0 Å². The van der Waals surface area contributed by atoms with Gasteiger partial charge in [0.2, 0.25) is 0 Å². The normalized spacial score (nSPS) is 9.73. The molecular weight excluding hydrogens is 751 g/mol. The lowest BCUT2D eigenvalue weighted by Crippen LogP contribution is -1.97. The molecule has 55 heavy (non-hydrogen) atoms. The van der Waals surface area contributed by atoms with Gasteiger partial charge in [-0.25, -0.2) is 57.1 Å². The van der Waals surface area contributed by atoms with Crippen LogP contribution in [0.25, 0.3) is 0 Å². The van der Waals surface area contributed by atoms with E-state index in [4.69, 9.17) is 0 Å². The van der Waals surface area contributed by atoms with Gasteiger partial charge in [-0.05, 0) is 101 Å². The molecule has 0 N–H and O–H groups in total. The monoisotopic (exact) mass is 786 g/mol. The Morgan fingerprint density at radius 2 is 0.709 bits per heavy atom. The SMILES string of the molecule is Cc1c(F)c(F)cc(F)c1F.Cc1c(F)ccc(F)c1F.Cc1cc(F)cc(F)c1F.Cc1cc(F)ccc1F.Cc1ccccc1.Cc1ccccc1F. The number of hydrogen-bond acceptors (Lipinski definition) is 0. The quantitative estimate of drug-likeness (QED) is 0.106. The van der Waals surface area contributed by atoms with Crippen molar-refractivity contribution in [3.8, 4) is 0 Å². The molecule has 0 nitrogen and oxygen atoms in total. The van der Waals surface area contributed by atoms with Gasteiger partial charge in [-0.1, -0.05) is 54.1 Å². The van der Waals surface area contributed by atoms with Gasteiger partial charge in [-0.3, -0.25) is 0 Å². The summed E-state index contributed by atoms with van der Waals surface area (Å²) < 4.78 is 160. The number of rotatable bonds is 0. The standard InChI is InChI=1S/C7H4F4.2C7H5F3.C7H6F2.C7H7F.C7H8/c1-3-6(10)4(8)2-5(9)7(3)11;1-4-2-5(8)3-6(9)7(4)10;1-4-5(8)2-3-6(9)7(4)10;1-5-4-6(8)2-3-7(5)9;1-6-4-2-3-5-7(6)8;1-7-5-3-2-4-6-7/h2H,1H3;2*2-3H,1H3;2-4H,1H3;2-5H,1H3;2-6H,1H3. The van der Waals surface area contributed by atoms with Crippen LogP contribution in [0.4, 0.5) is 57.1 Å². The van der Waals surface area contributed by atoms with Crippen molar-refractivity contribution in [1.82, 2.24) is 0 Å². The molecule has 0 aliphatic heterocycles. The summed E-state index contributed by atoms with van der Waals surface area (Å²) in [5.74, 6) is -12.1.